The largest absolute Gasteiger partial charge is 0.0827 e. The lowest BCUT2D eigenvalue weighted by molar-refractivity contribution is 1.50. The minimum absolute atomic E-state index is 0.549. The molecule has 0 amide bonds. The minimum atomic E-state index is 0.549. The summed E-state index contributed by atoms with van der Waals surface area (Å²) in [6, 6.07) is 36.9. The first-order valence-corrected chi connectivity index (χ1v) is 9.86. The molecule has 0 heterocycles. The van der Waals surface area contributed by atoms with Gasteiger partial charge in [-0.3, -0.25) is 0 Å². The molecule has 0 radical (unpaired) electrons. The molecule has 0 saturated carbocycles. The molecule has 0 fully saturated rings. The maximum absolute atomic E-state index is 6.69. The average molecular weight is 401 g/mol. The van der Waals surface area contributed by atoms with Gasteiger partial charge in [-0.1, -0.05) is 126 Å². The molecule has 0 aliphatic carbocycles. The van der Waals surface area contributed by atoms with E-state index < -0.39 is 0 Å². The van der Waals surface area contributed by atoms with Crippen molar-refractivity contribution in [1.29, 1.82) is 0 Å². The third kappa shape index (κ3) is 3.75. The Morgan fingerprint density at radius 2 is 0.857 bits per heavy atom. The molecule has 4 aromatic carbocycles. The summed E-state index contributed by atoms with van der Waals surface area (Å²) in [6.45, 7) is 0. The first-order valence-electron chi connectivity index (χ1n) is 9.10. The Bertz CT molecular complexity index is 1060. The van der Waals surface area contributed by atoms with Crippen molar-refractivity contribution >= 4 is 34.3 Å². The number of rotatable bonds is 4. The molecule has 136 valence electrons. The highest BCUT2D eigenvalue weighted by Gasteiger charge is 2.18. The second-order valence-corrected chi connectivity index (χ2v) is 7.23. The van der Waals surface area contributed by atoms with Crippen LogP contribution in [0.3, 0.4) is 0 Å². The van der Waals surface area contributed by atoms with E-state index in [2.05, 4.69) is 60.7 Å². The van der Waals surface area contributed by atoms with Gasteiger partial charge < -0.3 is 0 Å². The van der Waals surface area contributed by atoms with Crippen molar-refractivity contribution in [2.75, 3.05) is 0 Å². The van der Waals surface area contributed by atoms with Crippen LogP contribution in [0.15, 0.2) is 109 Å². The zero-order valence-corrected chi connectivity index (χ0v) is 16.7. The van der Waals surface area contributed by atoms with Gasteiger partial charge in [0, 0.05) is 5.56 Å². The van der Waals surface area contributed by atoms with E-state index in [1.165, 1.54) is 0 Å². The van der Waals surface area contributed by atoms with Crippen molar-refractivity contribution in [1.82, 2.24) is 0 Å². The van der Waals surface area contributed by atoms with Gasteiger partial charge in [0.25, 0.3) is 0 Å². The normalized spacial score (nSPS) is 10.5. The predicted molar refractivity (Wildman–Crippen MR) is 121 cm³/mol. The molecule has 0 bridgehead atoms. The first-order chi connectivity index (χ1) is 13.8. The smallest absolute Gasteiger partial charge is 0.0671 e. The fourth-order valence-electron chi connectivity index (χ4n) is 3.40. The number of hydrogen-bond donors (Lipinski definition) is 0. The fraction of sp³-hybridized carbons (Fsp3) is 0. The molecule has 0 aliphatic heterocycles. The zero-order valence-electron chi connectivity index (χ0n) is 15.1. The number of benzene rings is 4. The molecule has 0 aromatic heterocycles. The molecule has 4 aromatic rings. The van der Waals surface area contributed by atoms with Crippen LogP contribution in [-0.2, 0) is 0 Å². The monoisotopic (exact) mass is 400 g/mol. The second kappa shape index (κ2) is 8.48. The standard InChI is InChI=1S/C26H18Cl2/c27-23-18-10-17-22(26(23)28)25(21-15-8-3-9-16-21)24(19-11-4-1-5-12-19)20-13-6-2-7-14-20/h1-18H. The van der Waals surface area contributed by atoms with E-state index in [4.69, 9.17) is 23.2 Å². The van der Waals surface area contributed by atoms with Crippen molar-refractivity contribution in [3.63, 3.8) is 0 Å². The van der Waals surface area contributed by atoms with E-state index in [9.17, 15) is 0 Å². The summed E-state index contributed by atoms with van der Waals surface area (Å²) in [5, 5.41) is 1.11. The molecule has 0 aliphatic rings. The maximum atomic E-state index is 6.69. The van der Waals surface area contributed by atoms with Gasteiger partial charge in [0.1, 0.15) is 0 Å². The molecule has 0 nitrogen and oxygen atoms in total. The first kappa shape index (κ1) is 18.6. The van der Waals surface area contributed by atoms with Crippen LogP contribution in [0.4, 0.5) is 0 Å². The Morgan fingerprint density at radius 3 is 1.32 bits per heavy atom. The van der Waals surface area contributed by atoms with Crippen molar-refractivity contribution in [2.45, 2.75) is 0 Å². The Balaban J connectivity index is 2.14. The molecule has 0 spiro atoms. The Kier molecular flexibility index (Phi) is 5.62. The Labute approximate surface area is 175 Å². The predicted octanol–water partition coefficient (Wildman–Crippen LogP) is 8.00. The highest BCUT2D eigenvalue weighted by Crippen LogP contribution is 2.41. The molecule has 0 atom stereocenters. The van der Waals surface area contributed by atoms with Crippen molar-refractivity contribution < 1.29 is 0 Å². The Hall–Kier alpha value is -2.80. The zero-order chi connectivity index (χ0) is 19.3. The van der Waals surface area contributed by atoms with Gasteiger partial charge in [-0.05, 0) is 33.9 Å². The van der Waals surface area contributed by atoms with Crippen LogP contribution in [0.5, 0.6) is 0 Å². The molecule has 0 saturated heterocycles. The summed E-state index contributed by atoms with van der Waals surface area (Å²) in [4.78, 5) is 0. The lowest BCUT2D eigenvalue weighted by Crippen LogP contribution is -1.98. The number of hydrogen-bond acceptors (Lipinski definition) is 0. The summed E-state index contributed by atoms with van der Waals surface area (Å²) < 4.78 is 0. The van der Waals surface area contributed by atoms with Crippen LogP contribution in [0.2, 0.25) is 10.0 Å². The summed E-state index contributed by atoms with van der Waals surface area (Å²) in [7, 11) is 0. The van der Waals surface area contributed by atoms with Gasteiger partial charge in [-0.15, -0.1) is 0 Å². The topological polar surface area (TPSA) is 0 Å². The van der Waals surface area contributed by atoms with Crippen LogP contribution >= 0.6 is 23.2 Å². The van der Waals surface area contributed by atoms with Gasteiger partial charge in [0.15, 0.2) is 0 Å². The summed E-state index contributed by atoms with van der Waals surface area (Å²) in [5.74, 6) is 0. The minimum Gasteiger partial charge on any atom is -0.0827 e. The lowest BCUT2D eigenvalue weighted by atomic mass is 9.86. The van der Waals surface area contributed by atoms with Crippen LogP contribution in [-0.4, -0.2) is 0 Å². The quantitative estimate of drug-likeness (QED) is 0.304. The van der Waals surface area contributed by atoms with Gasteiger partial charge in [0.2, 0.25) is 0 Å². The van der Waals surface area contributed by atoms with Crippen LogP contribution in [0, 0.1) is 0 Å². The molecule has 28 heavy (non-hydrogen) atoms. The molecule has 2 heteroatoms. The van der Waals surface area contributed by atoms with Gasteiger partial charge in [0.05, 0.1) is 10.0 Å². The van der Waals surface area contributed by atoms with E-state index in [1.54, 1.807) is 0 Å². The van der Waals surface area contributed by atoms with E-state index in [0.717, 1.165) is 33.4 Å². The highest BCUT2D eigenvalue weighted by atomic mass is 35.5. The molecular formula is C26H18Cl2. The van der Waals surface area contributed by atoms with E-state index in [1.807, 2.05) is 48.5 Å². The number of halogens is 2. The fourth-order valence-corrected chi connectivity index (χ4v) is 3.80. The van der Waals surface area contributed by atoms with Crippen LogP contribution in [0.1, 0.15) is 22.3 Å². The van der Waals surface area contributed by atoms with Crippen molar-refractivity contribution in [3.05, 3.63) is 141 Å². The summed E-state index contributed by atoms with van der Waals surface area (Å²) >= 11 is 13.1. The van der Waals surface area contributed by atoms with Crippen LogP contribution in [0.25, 0.3) is 11.1 Å². The van der Waals surface area contributed by atoms with Crippen molar-refractivity contribution in [3.8, 4) is 0 Å². The molecule has 0 N–H and O–H groups in total. The third-order valence-electron chi connectivity index (χ3n) is 4.66. The van der Waals surface area contributed by atoms with Gasteiger partial charge >= 0.3 is 0 Å². The second-order valence-electron chi connectivity index (χ2n) is 6.45. The summed E-state index contributed by atoms with van der Waals surface area (Å²) in [5.41, 5.74) is 6.45. The van der Waals surface area contributed by atoms with E-state index in [-0.39, 0.29) is 0 Å². The van der Waals surface area contributed by atoms with Gasteiger partial charge in [-0.2, -0.15) is 0 Å². The molecule has 0 unspecified atom stereocenters. The van der Waals surface area contributed by atoms with Gasteiger partial charge in [-0.25, -0.2) is 0 Å². The maximum Gasteiger partial charge on any atom is 0.0671 e. The van der Waals surface area contributed by atoms with Crippen molar-refractivity contribution in [2.24, 2.45) is 0 Å². The highest BCUT2D eigenvalue weighted by molar-refractivity contribution is 6.43. The van der Waals surface area contributed by atoms with E-state index in [0.29, 0.717) is 10.0 Å². The Morgan fingerprint density at radius 1 is 0.429 bits per heavy atom. The third-order valence-corrected chi connectivity index (χ3v) is 5.48. The lowest BCUT2D eigenvalue weighted by Gasteiger charge is -2.19. The van der Waals surface area contributed by atoms with E-state index >= 15 is 0 Å². The average Bonchev–Trinajstić information content (AvgIpc) is 2.76. The summed E-state index contributed by atoms with van der Waals surface area (Å²) in [6.07, 6.45) is 0. The SMILES string of the molecule is Clc1cccc(C(=C(c2ccccc2)c2ccccc2)c2ccccc2)c1Cl. The molecular weight excluding hydrogens is 383 g/mol. The van der Waals surface area contributed by atoms with Crippen LogP contribution < -0.4 is 0 Å². The molecule has 4 rings (SSSR count).